The van der Waals surface area contributed by atoms with E-state index in [9.17, 15) is 14.4 Å². The molecular weight excluding hydrogens is 558 g/mol. The lowest BCUT2D eigenvalue weighted by molar-refractivity contribution is -0.145. The van der Waals surface area contributed by atoms with E-state index >= 15 is 0 Å². The first-order chi connectivity index (χ1) is 18.7. The summed E-state index contributed by atoms with van der Waals surface area (Å²) in [6.07, 6.45) is 0.936. The van der Waals surface area contributed by atoms with Crippen molar-refractivity contribution in [2.75, 3.05) is 26.3 Å². The first kappa shape index (κ1) is 31.5. The molecule has 0 bridgehead atoms. The summed E-state index contributed by atoms with van der Waals surface area (Å²) in [7, 11) is 0. The molecule has 0 spiro atoms. The van der Waals surface area contributed by atoms with Gasteiger partial charge in [0.1, 0.15) is 28.1 Å². The molecule has 1 aromatic carbocycles. The molecular formula is C29H38ClNO8S. The predicted octanol–water partition coefficient (Wildman–Crippen LogP) is 6.74. The fourth-order valence-electron chi connectivity index (χ4n) is 3.89. The highest BCUT2D eigenvalue weighted by Gasteiger charge is 2.30. The van der Waals surface area contributed by atoms with Gasteiger partial charge in [0.15, 0.2) is 17.2 Å². The molecule has 0 aliphatic carbocycles. The van der Waals surface area contributed by atoms with E-state index in [-0.39, 0.29) is 34.5 Å². The van der Waals surface area contributed by atoms with E-state index in [0.29, 0.717) is 36.6 Å². The van der Waals surface area contributed by atoms with E-state index in [1.54, 1.807) is 32.6 Å². The van der Waals surface area contributed by atoms with Gasteiger partial charge in [0, 0.05) is 25.9 Å². The zero-order valence-electron chi connectivity index (χ0n) is 24.1. The summed E-state index contributed by atoms with van der Waals surface area (Å²) in [5.41, 5.74) is -0.561. The van der Waals surface area contributed by atoms with E-state index in [1.165, 1.54) is 0 Å². The number of ether oxygens (including phenoxy) is 5. The lowest BCUT2D eigenvalue weighted by Crippen LogP contribution is -2.44. The molecule has 0 saturated carbocycles. The molecule has 11 heteroatoms. The van der Waals surface area contributed by atoms with Gasteiger partial charge >= 0.3 is 18.0 Å². The Hall–Kier alpha value is -2.98. The van der Waals surface area contributed by atoms with Crippen LogP contribution in [-0.4, -0.2) is 66.5 Å². The Morgan fingerprint density at radius 2 is 1.68 bits per heavy atom. The van der Waals surface area contributed by atoms with Crippen molar-refractivity contribution in [3.63, 3.8) is 0 Å². The van der Waals surface area contributed by atoms with Crippen LogP contribution in [0, 0.1) is 0 Å². The third kappa shape index (κ3) is 9.02. The van der Waals surface area contributed by atoms with Crippen LogP contribution in [0.4, 0.5) is 4.79 Å². The number of piperidine rings is 1. The third-order valence-corrected chi connectivity index (χ3v) is 7.20. The zero-order valence-corrected chi connectivity index (χ0v) is 25.7. The maximum Gasteiger partial charge on any atom is 0.410 e. The summed E-state index contributed by atoms with van der Waals surface area (Å²) < 4.78 is 27.9. The summed E-state index contributed by atoms with van der Waals surface area (Å²) in [5, 5.41) is 0.193. The molecule has 1 fully saturated rings. The highest BCUT2D eigenvalue weighted by molar-refractivity contribution is 7.18. The molecule has 40 heavy (non-hydrogen) atoms. The van der Waals surface area contributed by atoms with Gasteiger partial charge in [-0.25, -0.2) is 14.4 Å². The Morgan fingerprint density at radius 3 is 2.27 bits per heavy atom. The number of hydrogen-bond donors (Lipinski definition) is 0. The van der Waals surface area contributed by atoms with E-state index < -0.39 is 29.7 Å². The average Bonchev–Trinajstić information content (AvgIpc) is 3.18. The highest BCUT2D eigenvalue weighted by atomic mass is 35.5. The maximum atomic E-state index is 13.0. The van der Waals surface area contributed by atoms with Gasteiger partial charge in [-0.05, 0) is 66.2 Å². The number of likely N-dealkylation sites (tertiary alicyclic amines) is 1. The Kier molecular flexibility index (Phi) is 10.3. The fourth-order valence-corrected chi connectivity index (χ4v) is 5.33. The SMILES string of the molecule is CCOC(=O)COc1c(C(=O)OC(C)(C)C)sc(-c2cccc(OC3CCN(C(=O)OC(C)(C)C)CC3)c2)c1Cl. The van der Waals surface area contributed by atoms with Crippen molar-refractivity contribution in [2.24, 2.45) is 0 Å². The van der Waals surface area contributed by atoms with Crippen molar-refractivity contribution < 1.29 is 38.1 Å². The minimum Gasteiger partial charge on any atom is -0.490 e. The van der Waals surface area contributed by atoms with Gasteiger partial charge in [0.2, 0.25) is 0 Å². The molecule has 9 nitrogen and oxygen atoms in total. The van der Waals surface area contributed by atoms with Gasteiger partial charge in [-0.3, -0.25) is 0 Å². The Balaban J connectivity index is 1.78. The molecule has 1 aromatic heterocycles. The quantitative estimate of drug-likeness (QED) is 0.244. The Labute approximate surface area is 244 Å². The normalized spacial score (nSPS) is 14.4. The molecule has 3 rings (SSSR count). The van der Waals surface area contributed by atoms with Crippen LogP contribution in [-0.2, 0) is 19.0 Å². The molecule has 1 amide bonds. The lowest BCUT2D eigenvalue weighted by Gasteiger charge is -2.33. The van der Waals surface area contributed by atoms with E-state index in [2.05, 4.69) is 0 Å². The number of esters is 2. The second kappa shape index (κ2) is 13.1. The Bertz CT molecular complexity index is 1210. The number of hydrogen-bond acceptors (Lipinski definition) is 9. The van der Waals surface area contributed by atoms with Gasteiger partial charge in [0.25, 0.3) is 0 Å². The summed E-state index contributed by atoms with van der Waals surface area (Å²) in [6.45, 7) is 13.4. The van der Waals surface area contributed by atoms with Crippen molar-refractivity contribution in [1.82, 2.24) is 4.90 Å². The van der Waals surface area contributed by atoms with Crippen LogP contribution in [0.5, 0.6) is 11.5 Å². The van der Waals surface area contributed by atoms with Crippen LogP contribution in [0.1, 0.15) is 71.0 Å². The Morgan fingerprint density at radius 1 is 1.02 bits per heavy atom. The van der Waals surface area contributed by atoms with Gasteiger partial charge in [-0.15, -0.1) is 11.3 Å². The average molecular weight is 596 g/mol. The van der Waals surface area contributed by atoms with Crippen LogP contribution in [0.25, 0.3) is 10.4 Å². The number of carbonyl (C=O) groups is 3. The first-order valence-electron chi connectivity index (χ1n) is 13.3. The topological polar surface area (TPSA) is 101 Å². The molecule has 0 N–H and O–H groups in total. The largest absolute Gasteiger partial charge is 0.490 e. The van der Waals surface area contributed by atoms with Gasteiger partial charge in [-0.1, -0.05) is 23.7 Å². The predicted molar refractivity (Wildman–Crippen MR) is 154 cm³/mol. The van der Waals surface area contributed by atoms with E-state index in [1.807, 2.05) is 45.0 Å². The lowest BCUT2D eigenvalue weighted by atomic mass is 10.1. The molecule has 1 saturated heterocycles. The van der Waals surface area contributed by atoms with Gasteiger partial charge in [-0.2, -0.15) is 0 Å². The summed E-state index contributed by atoms with van der Waals surface area (Å²) in [5.74, 6) is -0.474. The molecule has 0 radical (unpaired) electrons. The van der Waals surface area contributed by atoms with Crippen molar-refractivity contribution >= 4 is 41.0 Å². The summed E-state index contributed by atoms with van der Waals surface area (Å²) in [4.78, 5) is 39.7. The first-order valence-corrected chi connectivity index (χ1v) is 14.5. The molecule has 2 heterocycles. The van der Waals surface area contributed by atoms with Crippen LogP contribution in [0.2, 0.25) is 5.02 Å². The van der Waals surface area contributed by atoms with Crippen LogP contribution >= 0.6 is 22.9 Å². The monoisotopic (exact) mass is 595 g/mol. The van der Waals surface area contributed by atoms with E-state index in [4.69, 9.17) is 35.3 Å². The molecule has 1 aliphatic rings. The van der Waals surface area contributed by atoms with Gasteiger partial charge < -0.3 is 28.6 Å². The minimum absolute atomic E-state index is 0.0739. The second-order valence-electron chi connectivity index (χ2n) is 11.3. The van der Waals surface area contributed by atoms with Crippen molar-refractivity contribution in [3.05, 3.63) is 34.2 Å². The van der Waals surface area contributed by atoms with E-state index in [0.717, 1.165) is 16.9 Å². The maximum absolute atomic E-state index is 13.0. The minimum atomic E-state index is -0.737. The smallest absolute Gasteiger partial charge is 0.410 e. The van der Waals surface area contributed by atoms with Crippen molar-refractivity contribution in [3.8, 4) is 21.9 Å². The van der Waals surface area contributed by atoms with Crippen LogP contribution < -0.4 is 9.47 Å². The van der Waals surface area contributed by atoms with Crippen LogP contribution in [0.15, 0.2) is 24.3 Å². The number of nitrogens with zero attached hydrogens (tertiary/aromatic N) is 1. The molecule has 2 aromatic rings. The second-order valence-corrected chi connectivity index (χ2v) is 12.7. The fraction of sp³-hybridized carbons (Fsp3) is 0.552. The summed E-state index contributed by atoms with van der Waals surface area (Å²) >= 11 is 7.83. The number of thiophene rings is 1. The summed E-state index contributed by atoms with van der Waals surface area (Å²) in [6, 6.07) is 7.37. The number of amides is 1. The van der Waals surface area contributed by atoms with Crippen LogP contribution in [0.3, 0.4) is 0 Å². The molecule has 220 valence electrons. The zero-order chi connectivity index (χ0) is 29.7. The van der Waals surface area contributed by atoms with Crippen molar-refractivity contribution in [2.45, 2.75) is 78.6 Å². The third-order valence-electron chi connectivity index (χ3n) is 5.53. The van der Waals surface area contributed by atoms with Gasteiger partial charge in [0.05, 0.1) is 11.5 Å². The molecule has 1 aliphatic heterocycles. The molecule has 0 unspecified atom stereocenters. The number of halogens is 1. The highest BCUT2D eigenvalue weighted by Crippen LogP contribution is 2.46. The number of benzene rings is 1. The molecule has 0 atom stereocenters. The van der Waals surface area contributed by atoms with Crippen molar-refractivity contribution in [1.29, 1.82) is 0 Å². The standard InChI is InChI=1S/C29H38ClNO8S/c1-8-35-21(32)17-36-23-22(30)24(40-25(23)26(33)38-28(2,3)4)18-10-9-11-20(16-18)37-19-12-14-31(15-13-19)27(34)39-29(5,6)7/h9-11,16,19H,8,12-15,17H2,1-7H3. The number of carbonyl (C=O) groups excluding carboxylic acids is 3. The number of rotatable bonds is 8.